The first-order chi connectivity index (χ1) is 10.6. The third-order valence-electron chi connectivity index (χ3n) is 3.07. The average Bonchev–Trinajstić information content (AvgIpc) is 2.91. The monoisotopic (exact) mass is 294 g/mol. The number of anilines is 2. The fourth-order valence-electron chi connectivity index (χ4n) is 2.15. The highest BCUT2D eigenvalue weighted by Gasteiger charge is 2.10. The summed E-state index contributed by atoms with van der Waals surface area (Å²) in [4.78, 5) is 30.5. The maximum absolute atomic E-state index is 12.3. The second-order valence-corrected chi connectivity index (χ2v) is 4.84. The first-order valence-electron chi connectivity index (χ1n) is 6.74. The van der Waals surface area contributed by atoms with Crippen molar-refractivity contribution in [2.24, 2.45) is 0 Å². The van der Waals surface area contributed by atoms with Crippen molar-refractivity contribution in [1.82, 2.24) is 9.97 Å². The number of H-pyrrole nitrogens is 1. The Morgan fingerprint density at radius 2 is 1.82 bits per heavy atom. The van der Waals surface area contributed by atoms with Gasteiger partial charge in [-0.15, -0.1) is 0 Å². The molecule has 0 unspecified atom stereocenters. The van der Waals surface area contributed by atoms with E-state index < -0.39 is 0 Å². The van der Waals surface area contributed by atoms with Gasteiger partial charge in [0.1, 0.15) is 5.69 Å². The van der Waals surface area contributed by atoms with Gasteiger partial charge >= 0.3 is 0 Å². The lowest BCUT2D eigenvalue weighted by atomic mass is 10.2. The zero-order chi connectivity index (χ0) is 15.5. The maximum Gasteiger partial charge on any atom is 0.272 e. The van der Waals surface area contributed by atoms with Gasteiger partial charge in [-0.05, 0) is 36.4 Å². The van der Waals surface area contributed by atoms with Crippen LogP contribution in [-0.4, -0.2) is 21.8 Å². The molecular weight excluding hydrogens is 280 g/mol. The van der Waals surface area contributed by atoms with Gasteiger partial charge in [-0.1, -0.05) is 6.07 Å². The molecule has 1 aromatic carbocycles. The summed E-state index contributed by atoms with van der Waals surface area (Å²) in [6.07, 6.45) is 1.68. The second-order valence-electron chi connectivity index (χ2n) is 4.84. The molecule has 0 aliphatic heterocycles. The Bertz CT molecular complexity index is 821. The number of rotatable bonds is 3. The van der Waals surface area contributed by atoms with E-state index in [9.17, 15) is 9.59 Å². The third-order valence-corrected chi connectivity index (χ3v) is 3.07. The molecule has 3 rings (SSSR count). The highest BCUT2D eigenvalue weighted by molar-refractivity contribution is 6.05. The number of hydrogen-bond acceptors (Lipinski definition) is 3. The Morgan fingerprint density at radius 1 is 1.05 bits per heavy atom. The number of aromatic amines is 1. The molecule has 3 aromatic rings. The van der Waals surface area contributed by atoms with E-state index in [-0.39, 0.29) is 11.8 Å². The van der Waals surface area contributed by atoms with Gasteiger partial charge in [0.25, 0.3) is 5.91 Å². The molecule has 0 spiro atoms. The molecule has 0 radical (unpaired) electrons. The number of fused-ring (bicyclic) bond motifs is 1. The van der Waals surface area contributed by atoms with Crippen LogP contribution in [-0.2, 0) is 4.79 Å². The lowest BCUT2D eigenvalue weighted by Gasteiger charge is -2.07. The van der Waals surface area contributed by atoms with Crippen molar-refractivity contribution in [3.8, 4) is 0 Å². The van der Waals surface area contributed by atoms with E-state index in [0.717, 1.165) is 11.0 Å². The summed E-state index contributed by atoms with van der Waals surface area (Å²) in [5.74, 6) is -0.428. The van der Waals surface area contributed by atoms with Crippen molar-refractivity contribution in [2.75, 3.05) is 10.6 Å². The summed E-state index contributed by atoms with van der Waals surface area (Å²) < 4.78 is 0. The predicted molar refractivity (Wildman–Crippen MR) is 84.8 cm³/mol. The minimum absolute atomic E-state index is 0.162. The molecule has 6 nitrogen and oxygen atoms in total. The van der Waals surface area contributed by atoms with Crippen LogP contribution in [0.5, 0.6) is 0 Å². The van der Waals surface area contributed by atoms with Gasteiger partial charge in [0.05, 0.1) is 11.0 Å². The van der Waals surface area contributed by atoms with Crippen molar-refractivity contribution >= 4 is 34.2 Å². The molecule has 2 amide bonds. The molecule has 0 atom stereocenters. The van der Waals surface area contributed by atoms with Gasteiger partial charge in [0.2, 0.25) is 5.91 Å². The second kappa shape index (κ2) is 5.69. The van der Waals surface area contributed by atoms with Crippen LogP contribution in [0, 0.1) is 0 Å². The first-order valence-corrected chi connectivity index (χ1v) is 6.74. The van der Waals surface area contributed by atoms with Gasteiger partial charge < -0.3 is 15.6 Å². The molecule has 0 aliphatic carbocycles. The zero-order valence-electron chi connectivity index (χ0n) is 11.9. The Balaban J connectivity index is 1.80. The molecule has 110 valence electrons. The molecule has 2 heterocycles. The molecule has 6 heteroatoms. The molecule has 0 bridgehead atoms. The Morgan fingerprint density at radius 3 is 2.55 bits per heavy atom. The summed E-state index contributed by atoms with van der Waals surface area (Å²) in [5.41, 5.74) is 3.20. The highest BCUT2D eigenvalue weighted by atomic mass is 16.2. The fourth-order valence-corrected chi connectivity index (χ4v) is 2.15. The van der Waals surface area contributed by atoms with Crippen LogP contribution < -0.4 is 10.6 Å². The summed E-state index contributed by atoms with van der Waals surface area (Å²) in [7, 11) is 0. The minimum Gasteiger partial charge on any atom is -0.349 e. The van der Waals surface area contributed by atoms with Crippen molar-refractivity contribution in [2.45, 2.75) is 6.92 Å². The molecule has 0 aliphatic rings. The van der Waals surface area contributed by atoms with Gasteiger partial charge in [-0.2, -0.15) is 0 Å². The molecular formula is C16H14N4O2. The number of carbonyl (C=O) groups excluding carboxylic acids is 2. The van der Waals surface area contributed by atoms with E-state index in [0.29, 0.717) is 17.1 Å². The maximum atomic E-state index is 12.3. The first kappa shape index (κ1) is 13.8. The quantitative estimate of drug-likeness (QED) is 0.694. The van der Waals surface area contributed by atoms with E-state index in [1.807, 2.05) is 6.07 Å². The highest BCUT2D eigenvalue weighted by Crippen LogP contribution is 2.17. The number of amides is 2. The number of pyridine rings is 1. The van der Waals surface area contributed by atoms with Crippen LogP contribution in [0.4, 0.5) is 11.4 Å². The van der Waals surface area contributed by atoms with E-state index in [2.05, 4.69) is 20.6 Å². The summed E-state index contributed by atoms with van der Waals surface area (Å²) in [6, 6.07) is 12.3. The number of aromatic nitrogens is 2. The van der Waals surface area contributed by atoms with E-state index in [1.165, 1.54) is 6.92 Å². The van der Waals surface area contributed by atoms with Crippen molar-refractivity contribution in [1.29, 1.82) is 0 Å². The number of hydrogen-bond donors (Lipinski definition) is 3. The predicted octanol–water partition coefficient (Wildman–Crippen LogP) is 2.77. The zero-order valence-corrected chi connectivity index (χ0v) is 11.9. The van der Waals surface area contributed by atoms with E-state index in [4.69, 9.17) is 0 Å². The van der Waals surface area contributed by atoms with E-state index in [1.54, 1.807) is 42.6 Å². The van der Waals surface area contributed by atoms with Crippen molar-refractivity contribution < 1.29 is 9.59 Å². The lowest BCUT2D eigenvalue weighted by molar-refractivity contribution is -0.114. The van der Waals surface area contributed by atoms with Crippen LogP contribution in [0.2, 0.25) is 0 Å². The number of benzene rings is 1. The Labute approximate surface area is 126 Å². The van der Waals surface area contributed by atoms with Gasteiger partial charge in [0.15, 0.2) is 0 Å². The third kappa shape index (κ3) is 2.95. The summed E-state index contributed by atoms with van der Waals surface area (Å²) in [6.45, 7) is 1.43. The van der Waals surface area contributed by atoms with Gasteiger partial charge in [-0.3, -0.25) is 14.6 Å². The smallest absolute Gasteiger partial charge is 0.272 e. The lowest BCUT2D eigenvalue weighted by Crippen LogP contribution is -2.12. The topological polar surface area (TPSA) is 86.9 Å². The number of carbonyl (C=O) groups is 2. The van der Waals surface area contributed by atoms with Crippen LogP contribution in [0.25, 0.3) is 11.0 Å². The molecule has 22 heavy (non-hydrogen) atoms. The summed E-state index contributed by atoms with van der Waals surface area (Å²) in [5, 5.41) is 5.46. The van der Waals surface area contributed by atoms with Crippen molar-refractivity contribution in [3.05, 3.63) is 54.4 Å². The number of nitrogens with zero attached hydrogens (tertiary/aromatic N) is 1. The molecule has 2 aromatic heterocycles. The standard InChI is InChI=1S/C16H14N4O2/c1-10(21)18-11-4-2-5-12(8-11)19-16(22)15-9-14-13(20-15)6-3-7-17-14/h2-9,20H,1H3,(H,18,21)(H,19,22). The van der Waals surface area contributed by atoms with Crippen LogP contribution in [0.3, 0.4) is 0 Å². The largest absolute Gasteiger partial charge is 0.349 e. The van der Waals surface area contributed by atoms with Gasteiger partial charge in [0, 0.05) is 24.5 Å². The molecule has 0 saturated carbocycles. The van der Waals surface area contributed by atoms with Crippen LogP contribution in [0.1, 0.15) is 17.4 Å². The van der Waals surface area contributed by atoms with Crippen LogP contribution in [0.15, 0.2) is 48.7 Å². The Kier molecular flexibility index (Phi) is 3.57. The normalized spacial score (nSPS) is 10.4. The molecule has 3 N–H and O–H groups in total. The van der Waals surface area contributed by atoms with Crippen molar-refractivity contribution in [3.63, 3.8) is 0 Å². The number of nitrogens with one attached hydrogen (secondary N) is 3. The SMILES string of the molecule is CC(=O)Nc1cccc(NC(=O)c2cc3ncccc3[nH]2)c1. The fraction of sp³-hybridized carbons (Fsp3) is 0.0625. The summed E-state index contributed by atoms with van der Waals surface area (Å²) >= 11 is 0. The molecule has 0 saturated heterocycles. The molecule has 0 fully saturated rings. The average molecular weight is 294 g/mol. The Hall–Kier alpha value is -3.15. The van der Waals surface area contributed by atoms with Gasteiger partial charge in [-0.25, -0.2) is 0 Å². The minimum atomic E-state index is -0.266. The van der Waals surface area contributed by atoms with E-state index >= 15 is 0 Å². The van der Waals surface area contributed by atoms with Crippen LogP contribution >= 0.6 is 0 Å².